The largest absolute Gasteiger partial charge is 0.353 e. The van der Waals surface area contributed by atoms with Gasteiger partial charge in [0.25, 0.3) is 0 Å². The lowest BCUT2D eigenvalue weighted by molar-refractivity contribution is -0.126. The van der Waals surface area contributed by atoms with E-state index in [4.69, 9.17) is 0 Å². The summed E-state index contributed by atoms with van der Waals surface area (Å²) >= 11 is 0. The lowest BCUT2D eigenvalue weighted by Gasteiger charge is -2.31. The molecule has 1 atom stereocenters. The lowest BCUT2D eigenvalue weighted by Crippen LogP contribution is -2.45. The topological polar surface area (TPSA) is 66.5 Å². The standard InChI is InChI=1S/C23H30N2O3S/c1-19(12-13-20-8-4-2-5-9-20)24-23(26)22-14-16-25(17-15-22)29(27,28)18-21-10-6-3-7-11-21/h2-11,19,22H,12-18H2,1H3,(H,24,26). The van der Waals surface area contributed by atoms with E-state index in [2.05, 4.69) is 17.4 Å². The highest BCUT2D eigenvalue weighted by atomic mass is 32.2. The zero-order chi connectivity index (χ0) is 20.7. The van der Waals surface area contributed by atoms with Crippen molar-refractivity contribution in [2.24, 2.45) is 5.92 Å². The predicted octanol–water partition coefficient (Wildman–Crippen LogP) is 3.37. The van der Waals surface area contributed by atoms with Crippen molar-refractivity contribution in [3.63, 3.8) is 0 Å². The number of nitrogens with zero attached hydrogens (tertiary/aromatic N) is 1. The van der Waals surface area contributed by atoms with Gasteiger partial charge >= 0.3 is 0 Å². The van der Waals surface area contributed by atoms with Gasteiger partial charge in [-0.15, -0.1) is 0 Å². The lowest BCUT2D eigenvalue weighted by atomic mass is 9.96. The third kappa shape index (κ3) is 6.41. The molecule has 0 spiro atoms. The monoisotopic (exact) mass is 414 g/mol. The van der Waals surface area contributed by atoms with E-state index in [0.717, 1.165) is 18.4 Å². The molecule has 1 unspecified atom stereocenters. The summed E-state index contributed by atoms with van der Waals surface area (Å²) in [5, 5.41) is 3.11. The zero-order valence-electron chi connectivity index (χ0n) is 17.0. The number of rotatable bonds is 8. The second kappa shape index (κ2) is 10.0. The number of carbonyl (C=O) groups is 1. The van der Waals surface area contributed by atoms with Crippen molar-refractivity contribution >= 4 is 15.9 Å². The number of carbonyl (C=O) groups excluding carboxylic acids is 1. The van der Waals surface area contributed by atoms with Crippen LogP contribution in [-0.4, -0.2) is 37.8 Å². The van der Waals surface area contributed by atoms with Crippen molar-refractivity contribution in [1.82, 2.24) is 9.62 Å². The number of sulfonamides is 1. The number of benzene rings is 2. The maximum Gasteiger partial charge on any atom is 0.223 e. The molecule has 1 N–H and O–H groups in total. The summed E-state index contributed by atoms with van der Waals surface area (Å²) in [5.74, 6) is -0.0515. The Bertz CT molecular complexity index is 877. The normalized spacial score (nSPS) is 17.0. The average molecular weight is 415 g/mol. The number of nitrogens with one attached hydrogen (secondary N) is 1. The van der Waals surface area contributed by atoms with Gasteiger partial charge < -0.3 is 5.32 Å². The number of piperidine rings is 1. The molecule has 1 aliphatic rings. The van der Waals surface area contributed by atoms with Crippen LogP contribution in [0.25, 0.3) is 0 Å². The number of hydrogen-bond acceptors (Lipinski definition) is 3. The molecule has 0 saturated carbocycles. The van der Waals surface area contributed by atoms with E-state index in [9.17, 15) is 13.2 Å². The molecule has 0 bridgehead atoms. The number of aryl methyl sites for hydroxylation is 1. The summed E-state index contributed by atoms with van der Waals surface area (Å²) in [6.07, 6.45) is 2.97. The Morgan fingerprint density at radius 1 is 1.00 bits per heavy atom. The predicted molar refractivity (Wildman–Crippen MR) is 116 cm³/mol. The zero-order valence-corrected chi connectivity index (χ0v) is 17.8. The molecular weight excluding hydrogens is 384 g/mol. The highest BCUT2D eigenvalue weighted by molar-refractivity contribution is 7.88. The molecule has 1 heterocycles. The van der Waals surface area contributed by atoms with Crippen LogP contribution in [0.4, 0.5) is 0 Å². The van der Waals surface area contributed by atoms with E-state index in [1.807, 2.05) is 55.5 Å². The van der Waals surface area contributed by atoms with Gasteiger partial charge in [0.1, 0.15) is 0 Å². The molecule has 1 saturated heterocycles. The van der Waals surface area contributed by atoms with Crippen LogP contribution >= 0.6 is 0 Å². The van der Waals surface area contributed by atoms with E-state index < -0.39 is 10.0 Å². The van der Waals surface area contributed by atoms with Crippen LogP contribution in [0.3, 0.4) is 0 Å². The van der Waals surface area contributed by atoms with Gasteiger partial charge in [-0.2, -0.15) is 0 Å². The van der Waals surface area contributed by atoms with Crippen LogP contribution in [0.2, 0.25) is 0 Å². The van der Waals surface area contributed by atoms with E-state index in [0.29, 0.717) is 25.9 Å². The second-order valence-electron chi connectivity index (χ2n) is 7.85. The minimum Gasteiger partial charge on any atom is -0.353 e. The molecular formula is C23H30N2O3S. The molecule has 1 amide bonds. The Morgan fingerprint density at radius 3 is 2.14 bits per heavy atom. The Hall–Kier alpha value is -2.18. The fourth-order valence-corrected chi connectivity index (χ4v) is 5.30. The van der Waals surface area contributed by atoms with E-state index in [1.165, 1.54) is 9.87 Å². The van der Waals surface area contributed by atoms with Gasteiger partial charge in [0, 0.05) is 25.0 Å². The third-order valence-corrected chi connectivity index (χ3v) is 7.36. The quantitative estimate of drug-likeness (QED) is 0.720. The van der Waals surface area contributed by atoms with Crippen molar-refractivity contribution in [2.75, 3.05) is 13.1 Å². The average Bonchev–Trinajstić information content (AvgIpc) is 2.73. The van der Waals surface area contributed by atoms with Gasteiger partial charge in [0.05, 0.1) is 5.75 Å². The summed E-state index contributed by atoms with van der Waals surface area (Å²) in [6, 6.07) is 19.6. The molecule has 5 nitrogen and oxygen atoms in total. The highest BCUT2D eigenvalue weighted by Crippen LogP contribution is 2.22. The molecule has 3 rings (SSSR count). The van der Waals surface area contributed by atoms with Crippen molar-refractivity contribution in [2.45, 2.75) is 44.4 Å². The molecule has 0 radical (unpaired) electrons. The van der Waals surface area contributed by atoms with Gasteiger partial charge in [0.2, 0.25) is 15.9 Å². The van der Waals surface area contributed by atoms with Gasteiger partial charge in [-0.3, -0.25) is 4.79 Å². The van der Waals surface area contributed by atoms with Crippen LogP contribution in [0.1, 0.15) is 37.3 Å². The van der Waals surface area contributed by atoms with Crippen LogP contribution in [-0.2, 0) is 27.0 Å². The molecule has 0 aromatic heterocycles. The number of amides is 1. The van der Waals surface area contributed by atoms with Crippen molar-refractivity contribution in [3.8, 4) is 0 Å². The fraction of sp³-hybridized carbons (Fsp3) is 0.435. The van der Waals surface area contributed by atoms with Gasteiger partial charge in [0.15, 0.2) is 0 Å². The summed E-state index contributed by atoms with van der Waals surface area (Å²) in [4.78, 5) is 12.6. The molecule has 1 fully saturated rings. The Kier molecular flexibility index (Phi) is 7.45. The van der Waals surface area contributed by atoms with Gasteiger partial charge in [-0.1, -0.05) is 60.7 Å². The van der Waals surface area contributed by atoms with E-state index >= 15 is 0 Å². The Labute approximate surface area is 174 Å². The van der Waals surface area contributed by atoms with Crippen LogP contribution in [0.15, 0.2) is 60.7 Å². The fourth-order valence-electron chi connectivity index (χ4n) is 3.73. The first kappa shape index (κ1) is 21.5. The Balaban J connectivity index is 1.44. The van der Waals surface area contributed by atoms with Crippen LogP contribution in [0, 0.1) is 5.92 Å². The first-order valence-electron chi connectivity index (χ1n) is 10.3. The minimum atomic E-state index is -3.35. The SMILES string of the molecule is CC(CCc1ccccc1)NC(=O)C1CCN(S(=O)(=O)Cc2ccccc2)CC1. The van der Waals surface area contributed by atoms with Crippen LogP contribution in [0.5, 0.6) is 0 Å². The third-order valence-electron chi connectivity index (χ3n) is 5.51. The minimum absolute atomic E-state index is 0.0151. The Morgan fingerprint density at radius 2 is 1.55 bits per heavy atom. The molecule has 2 aromatic rings. The summed E-state index contributed by atoms with van der Waals surface area (Å²) in [5.41, 5.74) is 2.06. The van der Waals surface area contributed by atoms with Gasteiger partial charge in [-0.25, -0.2) is 12.7 Å². The molecule has 156 valence electrons. The van der Waals surface area contributed by atoms with E-state index in [1.54, 1.807) is 0 Å². The summed E-state index contributed by atoms with van der Waals surface area (Å²) in [6.45, 7) is 2.84. The van der Waals surface area contributed by atoms with Crippen molar-refractivity contribution in [1.29, 1.82) is 0 Å². The molecule has 2 aromatic carbocycles. The maximum atomic E-state index is 12.7. The van der Waals surface area contributed by atoms with Crippen LogP contribution < -0.4 is 5.32 Å². The first-order chi connectivity index (χ1) is 13.9. The molecule has 29 heavy (non-hydrogen) atoms. The van der Waals surface area contributed by atoms with Gasteiger partial charge in [-0.05, 0) is 43.7 Å². The van der Waals surface area contributed by atoms with E-state index in [-0.39, 0.29) is 23.6 Å². The molecule has 0 aliphatic carbocycles. The first-order valence-corrected chi connectivity index (χ1v) is 11.9. The van der Waals surface area contributed by atoms with Crippen molar-refractivity contribution < 1.29 is 13.2 Å². The van der Waals surface area contributed by atoms with Crippen molar-refractivity contribution in [3.05, 3.63) is 71.8 Å². The molecule has 1 aliphatic heterocycles. The molecule has 6 heteroatoms. The summed E-state index contributed by atoms with van der Waals surface area (Å²) in [7, 11) is -3.35. The number of hydrogen-bond donors (Lipinski definition) is 1. The maximum absolute atomic E-state index is 12.7. The summed E-state index contributed by atoms with van der Waals surface area (Å²) < 4.78 is 26.8. The smallest absolute Gasteiger partial charge is 0.223 e. The second-order valence-corrected chi connectivity index (χ2v) is 9.82. The highest BCUT2D eigenvalue weighted by Gasteiger charge is 2.31.